The Labute approximate surface area is 147 Å². The molecule has 8 heteroatoms. The van der Waals surface area contributed by atoms with Crippen LogP contribution in [0.2, 0.25) is 5.02 Å². The van der Waals surface area contributed by atoms with E-state index < -0.39 is 0 Å². The van der Waals surface area contributed by atoms with Gasteiger partial charge in [-0.15, -0.1) is 10.2 Å². The van der Waals surface area contributed by atoms with Gasteiger partial charge in [0.25, 0.3) is 5.56 Å². The molecule has 0 radical (unpaired) electrons. The van der Waals surface area contributed by atoms with Gasteiger partial charge in [-0.05, 0) is 30.7 Å². The number of carbonyl (C=O) groups is 1. The largest absolute Gasteiger partial charge is 0.293 e. The Morgan fingerprint density at radius 1 is 1.29 bits per heavy atom. The van der Waals surface area contributed by atoms with Gasteiger partial charge in [0.05, 0.1) is 5.75 Å². The van der Waals surface area contributed by atoms with Crippen LogP contribution in [0.3, 0.4) is 0 Å². The van der Waals surface area contributed by atoms with E-state index in [0.29, 0.717) is 21.5 Å². The van der Waals surface area contributed by atoms with Crippen LogP contribution >= 0.6 is 23.4 Å². The number of thioether (sulfide) groups is 1. The van der Waals surface area contributed by atoms with E-state index in [9.17, 15) is 9.59 Å². The molecule has 124 valence electrons. The number of nitrogens with zero attached hydrogens (tertiary/aromatic N) is 3. The van der Waals surface area contributed by atoms with Crippen LogP contribution in [0.25, 0.3) is 5.78 Å². The van der Waals surface area contributed by atoms with Gasteiger partial charge in [-0.2, -0.15) is 0 Å². The molecule has 0 spiro atoms. The number of nitrogens with one attached hydrogen (secondary N) is 1. The molecule has 0 saturated carbocycles. The maximum atomic E-state index is 12.3. The van der Waals surface area contributed by atoms with Crippen molar-refractivity contribution in [3.05, 3.63) is 57.0 Å². The standard InChI is InChI=1S/C16H15ClN4O2S/c1-2-3-12-8-14(23)18-15-19-20-16(21(12)15)24-9-13(22)10-4-6-11(17)7-5-10/h4-8H,2-3,9H2,1H3,(H,18,19,23). The SMILES string of the molecule is CCCc1cc(=O)[nH]c2nnc(SCC(=O)c3ccc(Cl)cc3)n12. The van der Waals surface area contributed by atoms with Crippen LogP contribution in [0.15, 0.2) is 40.3 Å². The minimum absolute atomic E-state index is 0.0186. The zero-order valence-electron chi connectivity index (χ0n) is 13.0. The predicted octanol–water partition coefficient (Wildman–Crippen LogP) is 3.00. The van der Waals surface area contributed by atoms with Crippen molar-refractivity contribution in [3.63, 3.8) is 0 Å². The molecule has 2 aromatic heterocycles. The average molecular weight is 363 g/mol. The third kappa shape index (κ3) is 3.52. The molecule has 3 rings (SSSR count). The molecule has 0 aliphatic carbocycles. The first-order chi connectivity index (χ1) is 11.6. The zero-order valence-corrected chi connectivity index (χ0v) is 14.5. The molecule has 0 amide bonds. The zero-order chi connectivity index (χ0) is 17.1. The van der Waals surface area contributed by atoms with E-state index in [1.54, 1.807) is 34.7 Å². The number of aromatic nitrogens is 4. The van der Waals surface area contributed by atoms with E-state index in [0.717, 1.165) is 18.5 Å². The van der Waals surface area contributed by atoms with Gasteiger partial charge >= 0.3 is 0 Å². The molecule has 0 unspecified atom stereocenters. The summed E-state index contributed by atoms with van der Waals surface area (Å²) in [6.45, 7) is 2.04. The summed E-state index contributed by atoms with van der Waals surface area (Å²) in [6.07, 6.45) is 1.63. The number of rotatable bonds is 6. The van der Waals surface area contributed by atoms with Crippen LogP contribution in [0.5, 0.6) is 0 Å². The van der Waals surface area contributed by atoms with Crippen LogP contribution < -0.4 is 5.56 Å². The number of ketones is 1. The van der Waals surface area contributed by atoms with Crippen molar-refractivity contribution in [2.45, 2.75) is 24.9 Å². The van der Waals surface area contributed by atoms with Crippen molar-refractivity contribution in [3.8, 4) is 0 Å². The van der Waals surface area contributed by atoms with Crippen LogP contribution in [0, 0.1) is 0 Å². The fraction of sp³-hybridized carbons (Fsp3) is 0.250. The number of aromatic amines is 1. The van der Waals surface area contributed by atoms with Crippen molar-refractivity contribution in [1.82, 2.24) is 19.6 Å². The van der Waals surface area contributed by atoms with E-state index >= 15 is 0 Å². The Balaban J connectivity index is 1.84. The van der Waals surface area contributed by atoms with Crippen molar-refractivity contribution < 1.29 is 4.79 Å². The molecule has 0 bridgehead atoms. The topological polar surface area (TPSA) is 80.1 Å². The van der Waals surface area contributed by atoms with Crippen LogP contribution in [-0.4, -0.2) is 31.1 Å². The molecule has 24 heavy (non-hydrogen) atoms. The van der Waals surface area contributed by atoms with Crippen molar-refractivity contribution in [1.29, 1.82) is 0 Å². The maximum Gasteiger partial charge on any atom is 0.252 e. The van der Waals surface area contributed by atoms with Crippen molar-refractivity contribution in [2.75, 3.05) is 5.75 Å². The first kappa shape index (κ1) is 16.7. The summed E-state index contributed by atoms with van der Waals surface area (Å²) in [5.74, 6) is 0.606. The second kappa shape index (κ2) is 7.19. The molecule has 6 nitrogen and oxygen atoms in total. The van der Waals surface area contributed by atoms with Gasteiger partial charge in [-0.1, -0.05) is 36.7 Å². The van der Waals surface area contributed by atoms with Gasteiger partial charge in [0.1, 0.15) is 0 Å². The van der Waals surface area contributed by atoms with E-state index in [1.807, 2.05) is 6.92 Å². The molecule has 2 heterocycles. The fourth-order valence-electron chi connectivity index (χ4n) is 2.35. The van der Waals surface area contributed by atoms with E-state index in [-0.39, 0.29) is 17.1 Å². The predicted molar refractivity (Wildman–Crippen MR) is 94.1 cm³/mol. The normalized spacial score (nSPS) is 11.1. The summed E-state index contributed by atoms with van der Waals surface area (Å²) in [6, 6.07) is 8.33. The van der Waals surface area contributed by atoms with Crippen LogP contribution in [-0.2, 0) is 6.42 Å². The van der Waals surface area contributed by atoms with Gasteiger partial charge in [0.2, 0.25) is 5.78 Å². The Hall–Kier alpha value is -2.12. The number of hydrogen-bond acceptors (Lipinski definition) is 5. The Bertz CT molecular complexity index is 933. The molecular formula is C16H15ClN4O2S. The average Bonchev–Trinajstić information content (AvgIpc) is 2.96. The Morgan fingerprint density at radius 3 is 2.75 bits per heavy atom. The first-order valence-corrected chi connectivity index (χ1v) is 8.83. The van der Waals surface area contributed by atoms with Crippen LogP contribution in [0.4, 0.5) is 0 Å². The number of hydrogen-bond donors (Lipinski definition) is 1. The summed E-state index contributed by atoms with van der Waals surface area (Å²) in [4.78, 5) is 26.6. The fourth-order valence-corrected chi connectivity index (χ4v) is 3.34. The van der Waals surface area contributed by atoms with E-state index in [1.165, 1.54) is 11.8 Å². The van der Waals surface area contributed by atoms with Crippen LogP contribution in [0.1, 0.15) is 29.4 Å². The van der Waals surface area contributed by atoms with Gasteiger partial charge in [-0.3, -0.25) is 19.0 Å². The summed E-state index contributed by atoms with van der Waals surface area (Å²) in [5, 5.41) is 9.27. The molecule has 3 aromatic rings. The highest BCUT2D eigenvalue weighted by Crippen LogP contribution is 2.20. The number of halogens is 1. The highest BCUT2D eigenvalue weighted by atomic mass is 35.5. The molecule has 1 aromatic carbocycles. The smallest absolute Gasteiger partial charge is 0.252 e. The van der Waals surface area contributed by atoms with Gasteiger partial charge < -0.3 is 0 Å². The summed E-state index contributed by atoms with van der Waals surface area (Å²) >= 11 is 7.13. The first-order valence-electron chi connectivity index (χ1n) is 7.47. The van der Waals surface area contributed by atoms with Crippen molar-refractivity contribution >= 4 is 34.9 Å². The number of aryl methyl sites for hydroxylation is 1. The maximum absolute atomic E-state index is 12.3. The third-order valence-electron chi connectivity index (χ3n) is 3.46. The number of benzene rings is 1. The van der Waals surface area contributed by atoms with Gasteiger partial charge in [-0.25, -0.2) is 0 Å². The monoisotopic (exact) mass is 362 g/mol. The summed E-state index contributed by atoms with van der Waals surface area (Å²) in [5.41, 5.74) is 1.23. The van der Waals surface area contributed by atoms with Crippen molar-refractivity contribution in [2.24, 2.45) is 0 Å². The third-order valence-corrected chi connectivity index (χ3v) is 4.64. The molecule has 1 N–H and O–H groups in total. The summed E-state index contributed by atoms with van der Waals surface area (Å²) in [7, 11) is 0. The molecule has 0 atom stereocenters. The van der Waals surface area contributed by atoms with E-state index in [2.05, 4.69) is 15.2 Å². The van der Waals surface area contributed by atoms with E-state index in [4.69, 9.17) is 11.6 Å². The Morgan fingerprint density at radius 2 is 2.04 bits per heavy atom. The summed E-state index contributed by atoms with van der Waals surface area (Å²) < 4.78 is 1.80. The number of Topliss-reactive ketones (excluding diaryl/α,β-unsaturated/α-hetero) is 1. The second-order valence-electron chi connectivity index (χ2n) is 5.24. The Kier molecular flexibility index (Phi) is 5.01. The van der Waals surface area contributed by atoms with Gasteiger partial charge in [0.15, 0.2) is 10.9 Å². The molecule has 0 saturated heterocycles. The number of H-pyrrole nitrogens is 1. The lowest BCUT2D eigenvalue weighted by molar-refractivity contribution is 0.102. The number of carbonyl (C=O) groups excluding carboxylic acids is 1. The lowest BCUT2D eigenvalue weighted by Gasteiger charge is -2.05. The minimum atomic E-state index is -0.202. The molecule has 0 aliphatic rings. The lowest BCUT2D eigenvalue weighted by Crippen LogP contribution is -2.12. The minimum Gasteiger partial charge on any atom is -0.293 e. The lowest BCUT2D eigenvalue weighted by atomic mass is 10.1. The molecular weight excluding hydrogens is 348 g/mol. The van der Waals surface area contributed by atoms with Gasteiger partial charge in [0, 0.05) is 22.3 Å². The molecule has 0 fully saturated rings. The highest BCUT2D eigenvalue weighted by molar-refractivity contribution is 7.99. The molecule has 0 aliphatic heterocycles. The quantitative estimate of drug-likeness (QED) is 0.538. The second-order valence-corrected chi connectivity index (χ2v) is 6.61. The highest BCUT2D eigenvalue weighted by Gasteiger charge is 2.14. The number of fused-ring (bicyclic) bond motifs is 1.